The van der Waals surface area contributed by atoms with E-state index in [1.807, 2.05) is 6.07 Å². The van der Waals surface area contributed by atoms with Gasteiger partial charge in [0.2, 0.25) is 0 Å². The van der Waals surface area contributed by atoms with Gasteiger partial charge in [0.25, 0.3) is 0 Å². The molecule has 100 valence electrons. The van der Waals surface area contributed by atoms with Crippen LogP contribution in [0.15, 0.2) is 13.6 Å². The average molecular weight is 395 g/mol. The van der Waals surface area contributed by atoms with Crippen molar-refractivity contribution < 1.29 is 4.79 Å². The van der Waals surface area contributed by atoms with Crippen LogP contribution in [0.4, 0.5) is 0 Å². The van der Waals surface area contributed by atoms with Gasteiger partial charge in [-0.05, 0) is 63.7 Å². The standard InChI is InChI=1S/C13H17Br2NOS/c1-2-9-5-3-4-6-16(9)8-11(17)10-7-12(14)18-13(10)15/h7,9H,2-6,8H2,1H3. The summed E-state index contributed by atoms with van der Waals surface area (Å²) in [6.45, 7) is 3.83. The molecule has 1 aromatic heterocycles. The second-order valence-electron chi connectivity index (χ2n) is 4.69. The number of ketones is 1. The lowest BCUT2D eigenvalue weighted by Gasteiger charge is -2.34. The number of hydrogen-bond donors (Lipinski definition) is 0. The lowest BCUT2D eigenvalue weighted by Crippen LogP contribution is -2.42. The molecule has 1 atom stereocenters. The van der Waals surface area contributed by atoms with Crippen molar-refractivity contribution in [2.24, 2.45) is 0 Å². The topological polar surface area (TPSA) is 20.3 Å². The molecular formula is C13H17Br2NOS. The molecule has 1 aromatic rings. The molecule has 2 heterocycles. The summed E-state index contributed by atoms with van der Waals surface area (Å²) in [5.74, 6) is 0.226. The molecule has 18 heavy (non-hydrogen) atoms. The summed E-state index contributed by atoms with van der Waals surface area (Å²) in [6, 6.07) is 2.51. The fourth-order valence-corrected chi connectivity index (χ4v) is 5.39. The number of thiophene rings is 1. The number of likely N-dealkylation sites (tertiary alicyclic amines) is 1. The highest BCUT2D eigenvalue weighted by atomic mass is 79.9. The van der Waals surface area contributed by atoms with Crippen LogP contribution < -0.4 is 0 Å². The van der Waals surface area contributed by atoms with Gasteiger partial charge in [0.15, 0.2) is 5.78 Å². The molecule has 1 aliphatic rings. The van der Waals surface area contributed by atoms with Crippen molar-refractivity contribution in [2.45, 2.75) is 38.6 Å². The van der Waals surface area contributed by atoms with E-state index in [0.717, 1.165) is 26.1 Å². The van der Waals surface area contributed by atoms with E-state index < -0.39 is 0 Å². The molecule has 0 spiro atoms. The molecule has 0 N–H and O–H groups in total. The minimum absolute atomic E-state index is 0.226. The zero-order valence-electron chi connectivity index (χ0n) is 10.4. The molecule has 0 radical (unpaired) electrons. The molecule has 0 aliphatic carbocycles. The van der Waals surface area contributed by atoms with E-state index in [4.69, 9.17) is 0 Å². The molecule has 0 bridgehead atoms. The van der Waals surface area contributed by atoms with Crippen molar-refractivity contribution in [1.29, 1.82) is 0 Å². The minimum Gasteiger partial charge on any atom is -0.293 e. The summed E-state index contributed by atoms with van der Waals surface area (Å²) in [5.41, 5.74) is 0.812. The van der Waals surface area contributed by atoms with Gasteiger partial charge in [-0.3, -0.25) is 9.69 Å². The molecule has 1 aliphatic heterocycles. The normalized spacial score (nSPS) is 21.2. The van der Waals surface area contributed by atoms with E-state index in [9.17, 15) is 4.79 Å². The Morgan fingerprint density at radius 3 is 2.89 bits per heavy atom. The van der Waals surface area contributed by atoms with E-state index in [1.54, 1.807) is 11.3 Å². The van der Waals surface area contributed by atoms with Crippen molar-refractivity contribution in [3.63, 3.8) is 0 Å². The fraction of sp³-hybridized carbons (Fsp3) is 0.615. The van der Waals surface area contributed by atoms with Crippen LogP contribution in [0.25, 0.3) is 0 Å². The quantitative estimate of drug-likeness (QED) is 0.688. The van der Waals surface area contributed by atoms with Gasteiger partial charge >= 0.3 is 0 Å². The van der Waals surface area contributed by atoms with Crippen molar-refractivity contribution in [1.82, 2.24) is 4.90 Å². The third-order valence-corrected chi connectivity index (χ3v) is 5.86. The zero-order valence-corrected chi connectivity index (χ0v) is 14.4. The highest BCUT2D eigenvalue weighted by molar-refractivity contribution is 9.12. The molecule has 0 saturated carbocycles. The van der Waals surface area contributed by atoms with Gasteiger partial charge in [-0.2, -0.15) is 0 Å². The number of halogens is 2. The number of carbonyl (C=O) groups is 1. The first-order valence-electron chi connectivity index (χ1n) is 6.34. The Bertz CT molecular complexity index is 433. The first kappa shape index (κ1) is 14.7. The maximum absolute atomic E-state index is 12.3. The van der Waals surface area contributed by atoms with Crippen LogP contribution in [0.2, 0.25) is 0 Å². The Morgan fingerprint density at radius 1 is 1.50 bits per heavy atom. The summed E-state index contributed by atoms with van der Waals surface area (Å²) in [7, 11) is 0. The Morgan fingerprint density at radius 2 is 2.28 bits per heavy atom. The predicted octanol–water partition coefficient (Wildman–Crippen LogP) is 4.72. The van der Waals surface area contributed by atoms with Crippen LogP contribution in [0.5, 0.6) is 0 Å². The first-order valence-corrected chi connectivity index (χ1v) is 8.74. The zero-order chi connectivity index (χ0) is 13.1. The number of piperidine rings is 1. The van der Waals surface area contributed by atoms with E-state index in [2.05, 4.69) is 43.7 Å². The van der Waals surface area contributed by atoms with Gasteiger partial charge in [-0.15, -0.1) is 11.3 Å². The average Bonchev–Trinajstić information content (AvgIpc) is 2.69. The molecule has 0 amide bonds. The molecule has 2 nitrogen and oxygen atoms in total. The first-order chi connectivity index (χ1) is 8.61. The smallest absolute Gasteiger partial charge is 0.178 e. The molecule has 1 fully saturated rings. The van der Waals surface area contributed by atoms with Gasteiger partial charge in [-0.25, -0.2) is 0 Å². The third-order valence-electron chi connectivity index (χ3n) is 3.52. The molecule has 5 heteroatoms. The van der Waals surface area contributed by atoms with E-state index in [0.29, 0.717) is 12.6 Å². The highest BCUT2D eigenvalue weighted by Gasteiger charge is 2.24. The maximum atomic E-state index is 12.3. The molecule has 1 saturated heterocycles. The number of nitrogens with zero attached hydrogens (tertiary/aromatic N) is 1. The van der Waals surface area contributed by atoms with Gasteiger partial charge in [0.1, 0.15) is 0 Å². The Labute approximate surface area is 129 Å². The van der Waals surface area contributed by atoms with Crippen LogP contribution in [0, 0.1) is 0 Å². The van der Waals surface area contributed by atoms with Crippen molar-refractivity contribution in [3.05, 3.63) is 19.2 Å². The predicted molar refractivity (Wildman–Crippen MR) is 83.6 cm³/mol. The molecule has 0 aromatic carbocycles. The van der Waals surface area contributed by atoms with Crippen LogP contribution in [-0.2, 0) is 0 Å². The number of hydrogen-bond acceptors (Lipinski definition) is 3. The minimum atomic E-state index is 0.226. The Kier molecular flexibility index (Phi) is 5.42. The lowest BCUT2D eigenvalue weighted by atomic mass is 9.99. The van der Waals surface area contributed by atoms with E-state index in [-0.39, 0.29) is 5.78 Å². The Hall–Kier alpha value is 0.290. The maximum Gasteiger partial charge on any atom is 0.178 e. The molecular weight excluding hydrogens is 378 g/mol. The second-order valence-corrected chi connectivity index (χ2v) is 8.44. The third kappa shape index (κ3) is 3.44. The van der Waals surface area contributed by atoms with Crippen LogP contribution in [-0.4, -0.2) is 29.8 Å². The SMILES string of the molecule is CCC1CCCCN1CC(=O)c1cc(Br)sc1Br. The van der Waals surface area contributed by atoms with Crippen LogP contribution in [0.3, 0.4) is 0 Å². The number of Topliss-reactive ketones (excluding diaryl/α,β-unsaturated/α-hetero) is 1. The van der Waals surface area contributed by atoms with Crippen molar-refractivity contribution in [3.8, 4) is 0 Å². The Balaban J connectivity index is 2.04. The van der Waals surface area contributed by atoms with Crippen molar-refractivity contribution in [2.75, 3.05) is 13.1 Å². The summed E-state index contributed by atoms with van der Waals surface area (Å²) >= 11 is 8.45. The summed E-state index contributed by atoms with van der Waals surface area (Å²) < 4.78 is 1.94. The lowest BCUT2D eigenvalue weighted by molar-refractivity contribution is 0.0838. The summed E-state index contributed by atoms with van der Waals surface area (Å²) in [4.78, 5) is 14.7. The van der Waals surface area contributed by atoms with Gasteiger partial charge < -0.3 is 0 Å². The number of carbonyl (C=O) groups excluding carboxylic acids is 1. The number of rotatable bonds is 4. The second kappa shape index (κ2) is 6.64. The van der Waals surface area contributed by atoms with E-state index >= 15 is 0 Å². The fourth-order valence-electron chi connectivity index (χ4n) is 2.53. The monoisotopic (exact) mass is 393 g/mol. The van der Waals surface area contributed by atoms with Crippen LogP contribution in [0.1, 0.15) is 43.0 Å². The summed E-state index contributed by atoms with van der Waals surface area (Å²) in [6.07, 6.45) is 4.90. The van der Waals surface area contributed by atoms with Gasteiger partial charge in [-0.1, -0.05) is 13.3 Å². The molecule has 2 rings (SSSR count). The van der Waals surface area contributed by atoms with E-state index in [1.165, 1.54) is 19.3 Å². The van der Waals surface area contributed by atoms with Gasteiger partial charge in [0, 0.05) is 11.6 Å². The summed E-state index contributed by atoms with van der Waals surface area (Å²) in [5, 5.41) is 0. The van der Waals surface area contributed by atoms with Crippen molar-refractivity contribution >= 4 is 49.0 Å². The van der Waals surface area contributed by atoms with Crippen LogP contribution >= 0.6 is 43.2 Å². The van der Waals surface area contributed by atoms with Gasteiger partial charge in [0.05, 0.1) is 14.1 Å². The highest BCUT2D eigenvalue weighted by Crippen LogP contribution is 2.32. The largest absolute Gasteiger partial charge is 0.293 e. The molecule has 1 unspecified atom stereocenters.